The first-order valence-electron chi connectivity index (χ1n) is 7.17. The lowest BCUT2D eigenvalue weighted by Gasteiger charge is -2.23. The summed E-state index contributed by atoms with van der Waals surface area (Å²) >= 11 is 0. The van der Waals surface area contributed by atoms with E-state index >= 15 is 0 Å². The highest BCUT2D eigenvalue weighted by atomic mass is 16.3. The predicted octanol–water partition coefficient (Wildman–Crippen LogP) is 3.27. The molecular formula is C16H26N2O2. The van der Waals surface area contributed by atoms with E-state index in [0.717, 1.165) is 17.7 Å². The van der Waals surface area contributed by atoms with Crippen molar-refractivity contribution < 1.29 is 9.90 Å². The number of rotatable bonds is 5. The van der Waals surface area contributed by atoms with Gasteiger partial charge in [-0.25, -0.2) is 4.79 Å². The summed E-state index contributed by atoms with van der Waals surface area (Å²) in [6.45, 7) is 8.60. The molecule has 0 bridgehead atoms. The number of hydrogen-bond donors (Lipinski definition) is 3. The Bertz CT molecular complexity index is 438. The van der Waals surface area contributed by atoms with Crippen molar-refractivity contribution in [3.8, 4) is 0 Å². The van der Waals surface area contributed by atoms with Crippen LogP contribution in [-0.2, 0) is 5.41 Å². The highest BCUT2D eigenvalue weighted by Crippen LogP contribution is 2.29. The van der Waals surface area contributed by atoms with Gasteiger partial charge in [0.15, 0.2) is 0 Å². The van der Waals surface area contributed by atoms with Crippen LogP contribution in [0.15, 0.2) is 24.3 Å². The first kappa shape index (κ1) is 16.5. The fourth-order valence-corrected chi connectivity index (χ4v) is 2.06. The Kier molecular flexibility index (Phi) is 6.02. The standard InChI is InChI=1S/C16H26N2O2/c1-5-8-12(19)11-17-15(20)18-14-10-7-6-9-13(14)16(2,3)4/h6-7,9-10,12,19H,5,8,11H2,1-4H3,(H2,17,18,20). The Balaban J connectivity index is 2.63. The van der Waals surface area contributed by atoms with E-state index in [2.05, 4.69) is 31.4 Å². The monoisotopic (exact) mass is 278 g/mol. The van der Waals surface area contributed by atoms with Gasteiger partial charge in [0.2, 0.25) is 0 Å². The van der Waals surface area contributed by atoms with Crippen LogP contribution in [0.3, 0.4) is 0 Å². The second-order valence-corrected chi connectivity index (χ2v) is 6.07. The van der Waals surface area contributed by atoms with Gasteiger partial charge in [0, 0.05) is 12.2 Å². The highest BCUT2D eigenvalue weighted by Gasteiger charge is 2.18. The van der Waals surface area contributed by atoms with Gasteiger partial charge in [0.05, 0.1) is 6.10 Å². The van der Waals surface area contributed by atoms with E-state index in [-0.39, 0.29) is 18.0 Å². The molecule has 0 saturated heterocycles. The largest absolute Gasteiger partial charge is 0.391 e. The van der Waals surface area contributed by atoms with Gasteiger partial charge in [-0.2, -0.15) is 0 Å². The number of hydrogen-bond acceptors (Lipinski definition) is 2. The molecule has 1 rings (SSSR count). The number of carbonyl (C=O) groups excluding carboxylic acids is 1. The van der Waals surface area contributed by atoms with Gasteiger partial charge in [0.1, 0.15) is 0 Å². The zero-order valence-electron chi connectivity index (χ0n) is 12.9. The summed E-state index contributed by atoms with van der Waals surface area (Å²) in [5.74, 6) is 0. The molecule has 0 aliphatic rings. The third kappa shape index (κ3) is 5.21. The van der Waals surface area contributed by atoms with Gasteiger partial charge < -0.3 is 15.7 Å². The zero-order chi connectivity index (χ0) is 15.2. The molecule has 4 nitrogen and oxygen atoms in total. The van der Waals surface area contributed by atoms with Crippen LogP contribution < -0.4 is 10.6 Å². The van der Waals surface area contributed by atoms with E-state index in [9.17, 15) is 9.90 Å². The summed E-state index contributed by atoms with van der Waals surface area (Å²) in [5, 5.41) is 15.2. The summed E-state index contributed by atoms with van der Waals surface area (Å²) < 4.78 is 0. The minimum Gasteiger partial charge on any atom is -0.391 e. The van der Waals surface area contributed by atoms with Crippen molar-refractivity contribution in [2.24, 2.45) is 0 Å². The number of aliphatic hydroxyl groups excluding tert-OH is 1. The molecule has 0 heterocycles. The average molecular weight is 278 g/mol. The van der Waals surface area contributed by atoms with Crippen LogP contribution in [0.4, 0.5) is 10.5 Å². The minimum absolute atomic E-state index is 0.0361. The van der Waals surface area contributed by atoms with Crippen LogP contribution in [0.1, 0.15) is 46.1 Å². The number of aliphatic hydroxyl groups is 1. The molecule has 0 aliphatic heterocycles. The number of nitrogens with one attached hydrogen (secondary N) is 2. The van der Waals surface area contributed by atoms with Crippen LogP contribution >= 0.6 is 0 Å². The maximum Gasteiger partial charge on any atom is 0.319 e. The van der Waals surface area contributed by atoms with Crippen molar-refractivity contribution in [1.29, 1.82) is 0 Å². The van der Waals surface area contributed by atoms with E-state index in [1.54, 1.807) is 0 Å². The lowest BCUT2D eigenvalue weighted by Crippen LogP contribution is -2.35. The van der Waals surface area contributed by atoms with E-state index in [0.29, 0.717) is 6.42 Å². The van der Waals surface area contributed by atoms with Crippen molar-refractivity contribution in [2.45, 2.75) is 52.1 Å². The maximum absolute atomic E-state index is 11.9. The van der Waals surface area contributed by atoms with Gasteiger partial charge >= 0.3 is 6.03 Å². The van der Waals surface area contributed by atoms with Crippen LogP contribution in [0.25, 0.3) is 0 Å². The number of amides is 2. The molecule has 20 heavy (non-hydrogen) atoms. The zero-order valence-corrected chi connectivity index (χ0v) is 12.9. The van der Waals surface area contributed by atoms with Gasteiger partial charge in [0.25, 0.3) is 0 Å². The second kappa shape index (κ2) is 7.29. The van der Waals surface area contributed by atoms with Gasteiger partial charge in [-0.15, -0.1) is 0 Å². The SMILES string of the molecule is CCCC(O)CNC(=O)Nc1ccccc1C(C)(C)C. The molecule has 1 unspecified atom stereocenters. The first-order chi connectivity index (χ1) is 9.34. The average Bonchev–Trinajstić information content (AvgIpc) is 2.36. The fraction of sp³-hybridized carbons (Fsp3) is 0.562. The third-order valence-corrected chi connectivity index (χ3v) is 3.10. The molecule has 0 aliphatic carbocycles. The molecule has 0 saturated carbocycles. The molecule has 3 N–H and O–H groups in total. The van der Waals surface area contributed by atoms with Crippen LogP contribution in [0, 0.1) is 0 Å². The molecule has 2 amide bonds. The lowest BCUT2D eigenvalue weighted by molar-refractivity contribution is 0.162. The first-order valence-corrected chi connectivity index (χ1v) is 7.17. The molecule has 0 radical (unpaired) electrons. The van der Waals surface area contributed by atoms with Gasteiger partial charge in [-0.1, -0.05) is 52.3 Å². The normalized spacial score (nSPS) is 12.8. The molecule has 0 fully saturated rings. The number of anilines is 1. The molecule has 1 atom stereocenters. The Morgan fingerprint density at radius 3 is 2.55 bits per heavy atom. The van der Waals surface area contributed by atoms with Crippen LogP contribution in [0.2, 0.25) is 0 Å². The summed E-state index contributed by atoms with van der Waals surface area (Å²) in [6.07, 6.45) is 1.11. The van der Waals surface area contributed by atoms with E-state index in [1.165, 1.54) is 0 Å². The Morgan fingerprint density at radius 1 is 1.30 bits per heavy atom. The Labute approximate surface area is 121 Å². The fourth-order valence-electron chi connectivity index (χ4n) is 2.06. The van der Waals surface area contributed by atoms with Crippen molar-refractivity contribution in [3.63, 3.8) is 0 Å². The third-order valence-electron chi connectivity index (χ3n) is 3.10. The van der Waals surface area contributed by atoms with Gasteiger partial charge in [-0.05, 0) is 23.5 Å². The minimum atomic E-state index is -0.483. The van der Waals surface area contributed by atoms with Crippen LogP contribution in [-0.4, -0.2) is 23.8 Å². The quantitative estimate of drug-likeness (QED) is 0.774. The molecular weight excluding hydrogens is 252 g/mol. The molecule has 4 heteroatoms. The number of para-hydroxylation sites is 1. The number of urea groups is 1. The summed E-state index contributed by atoms with van der Waals surface area (Å²) in [6, 6.07) is 7.49. The Hall–Kier alpha value is -1.55. The smallest absolute Gasteiger partial charge is 0.319 e. The van der Waals surface area contributed by atoms with E-state index in [4.69, 9.17) is 0 Å². The number of carbonyl (C=O) groups is 1. The highest BCUT2D eigenvalue weighted by molar-refractivity contribution is 5.90. The summed E-state index contributed by atoms with van der Waals surface area (Å²) in [7, 11) is 0. The van der Waals surface area contributed by atoms with Gasteiger partial charge in [-0.3, -0.25) is 0 Å². The van der Waals surface area contributed by atoms with Crippen molar-refractivity contribution in [2.75, 3.05) is 11.9 Å². The molecule has 0 spiro atoms. The summed E-state index contributed by atoms with van der Waals surface area (Å²) in [5.41, 5.74) is 1.86. The molecule has 0 aromatic heterocycles. The van der Waals surface area contributed by atoms with Crippen LogP contribution in [0.5, 0.6) is 0 Å². The summed E-state index contributed by atoms with van der Waals surface area (Å²) in [4.78, 5) is 11.9. The molecule has 1 aromatic carbocycles. The van der Waals surface area contributed by atoms with E-state index in [1.807, 2.05) is 31.2 Å². The lowest BCUT2D eigenvalue weighted by atomic mass is 9.86. The topological polar surface area (TPSA) is 61.4 Å². The van der Waals surface area contributed by atoms with Crippen molar-refractivity contribution in [1.82, 2.24) is 5.32 Å². The van der Waals surface area contributed by atoms with E-state index < -0.39 is 6.10 Å². The maximum atomic E-state index is 11.9. The Morgan fingerprint density at radius 2 is 1.95 bits per heavy atom. The molecule has 112 valence electrons. The second-order valence-electron chi connectivity index (χ2n) is 6.07. The van der Waals surface area contributed by atoms with Crippen molar-refractivity contribution in [3.05, 3.63) is 29.8 Å². The number of benzene rings is 1. The predicted molar refractivity (Wildman–Crippen MR) is 83.1 cm³/mol. The van der Waals surface area contributed by atoms with Crippen molar-refractivity contribution >= 4 is 11.7 Å². The molecule has 1 aromatic rings.